The standard InChI is InChI=1S/C14H18N2O3/c17-13(16-9-3-7-12(16)14(18)19)11-6-2-8-15(11)10-4-1-5-10/h2,6,8,10,12H,1,3-5,7,9H2,(H,18,19)/t12-/m1/s1. The fourth-order valence-corrected chi connectivity index (χ4v) is 2.97. The van der Waals surface area contributed by atoms with Gasteiger partial charge in [-0.05, 0) is 44.2 Å². The molecule has 1 N–H and O–H groups in total. The van der Waals surface area contributed by atoms with Crippen LogP contribution in [0.4, 0.5) is 0 Å². The number of carboxylic acids is 1. The zero-order chi connectivity index (χ0) is 13.4. The Hall–Kier alpha value is -1.78. The molecule has 1 aliphatic heterocycles. The van der Waals surface area contributed by atoms with E-state index in [9.17, 15) is 9.59 Å². The summed E-state index contributed by atoms with van der Waals surface area (Å²) >= 11 is 0. The fourth-order valence-electron chi connectivity index (χ4n) is 2.97. The summed E-state index contributed by atoms with van der Waals surface area (Å²) in [7, 11) is 0. The van der Waals surface area contributed by atoms with E-state index in [4.69, 9.17) is 5.11 Å². The van der Waals surface area contributed by atoms with Crippen molar-refractivity contribution < 1.29 is 14.7 Å². The molecule has 0 spiro atoms. The second-order valence-corrected chi connectivity index (χ2v) is 5.38. The van der Waals surface area contributed by atoms with E-state index in [0.29, 0.717) is 24.7 Å². The van der Waals surface area contributed by atoms with Gasteiger partial charge in [0.1, 0.15) is 11.7 Å². The number of likely N-dealkylation sites (tertiary alicyclic amines) is 1. The molecule has 0 unspecified atom stereocenters. The highest BCUT2D eigenvalue weighted by molar-refractivity contribution is 5.95. The van der Waals surface area contributed by atoms with Gasteiger partial charge >= 0.3 is 5.97 Å². The molecule has 2 aliphatic rings. The Kier molecular flexibility index (Phi) is 3.05. The van der Waals surface area contributed by atoms with Gasteiger partial charge in [-0.2, -0.15) is 0 Å². The van der Waals surface area contributed by atoms with E-state index in [2.05, 4.69) is 0 Å². The minimum Gasteiger partial charge on any atom is -0.480 e. The number of aromatic nitrogens is 1. The predicted octanol–water partition coefficient (Wildman–Crippen LogP) is 1.90. The van der Waals surface area contributed by atoms with E-state index in [-0.39, 0.29) is 5.91 Å². The topological polar surface area (TPSA) is 62.5 Å². The van der Waals surface area contributed by atoms with Crippen LogP contribution in [0.1, 0.15) is 48.6 Å². The first-order chi connectivity index (χ1) is 9.18. The predicted molar refractivity (Wildman–Crippen MR) is 69.0 cm³/mol. The molecular formula is C14H18N2O3. The van der Waals surface area contributed by atoms with Crippen molar-refractivity contribution in [3.8, 4) is 0 Å². The number of carboxylic acid groups (broad SMARTS) is 1. The maximum absolute atomic E-state index is 12.5. The van der Waals surface area contributed by atoms with Crippen molar-refractivity contribution >= 4 is 11.9 Å². The molecule has 1 atom stereocenters. The quantitative estimate of drug-likeness (QED) is 0.905. The van der Waals surface area contributed by atoms with E-state index in [0.717, 1.165) is 19.3 Å². The summed E-state index contributed by atoms with van der Waals surface area (Å²) in [5.41, 5.74) is 0.637. The summed E-state index contributed by atoms with van der Waals surface area (Å²) in [5.74, 6) is -1.03. The average Bonchev–Trinajstić information content (AvgIpc) is 2.93. The highest BCUT2D eigenvalue weighted by Gasteiger charge is 2.36. The molecule has 2 heterocycles. The third-order valence-electron chi connectivity index (χ3n) is 4.26. The first-order valence-corrected chi connectivity index (χ1v) is 6.89. The summed E-state index contributed by atoms with van der Waals surface area (Å²) in [6, 6.07) is 3.44. The minimum absolute atomic E-state index is 0.137. The smallest absolute Gasteiger partial charge is 0.326 e. The van der Waals surface area contributed by atoms with Gasteiger partial charge in [0.2, 0.25) is 0 Å². The van der Waals surface area contributed by atoms with Crippen LogP contribution in [0.5, 0.6) is 0 Å². The summed E-state index contributed by atoms with van der Waals surface area (Å²) in [5, 5.41) is 9.17. The van der Waals surface area contributed by atoms with Crippen LogP contribution in [-0.2, 0) is 4.79 Å². The van der Waals surface area contributed by atoms with Crippen LogP contribution < -0.4 is 0 Å². The van der Waals surface area contributed by atoms with Crippen LogP contribution in [0.25, 0.3) is 0 Å². The van der Waals surface area contributed by atoms with Crippen molar-refractivity contribution in [3.63, 3.8) is 0 Å². The lowest BCUT2D eigenvalue weighted by Crippen LogP contribution is -2.41. The van der Waals surface area contributed by atoms with Crippen molar-refractivity contribution in [2.45, 2.75) is 44.2 Å². The van der Waals surface area contributed by atoms with E-state index < -0.39 is 12.0 Å². The third-order valence-corrected chi connectivity index (χ3v) is 4.26. The van der Waals surface area contributed by atoms with Crippen molar-refractivity contribution in [1.29, 1.82) is 0 Å². The van der Waals surface area contributed by atoms with Crippen LogP contribution in [0, 0.1) is 0 Å². The van der Waals surface area contributed by atoms with Gasteiger partial charge in [0.25, 0.3) is 5.91 Å². The SMILES string of the molecule is O=C(O)[C@H]1CCCN1C(=O)c1cccn1C1CCC1. The van der Waals surface area contributed by atoms with Gasteiger partial charge in [-0.1, -0.05) is 0 Å². The first kappa shape index (κ1) is 12.3. The molecule has 19 heavy (non-hydrogen) atoms. The Balaban J connectivity index is 1.83. The van der Waals surface area contributed by atoms with Crippen molar-refractivity contribution in [2.75, 3.05) is 6.54 Å². The number of aliphatic carboxylic acids is 1. The lowest BCUT2D eigenvalue weighted by atomic mass is 9.93. The molecule has 0 radical (unpaired) electrons. The molecule has 1 aromatic rings. The van der Waals surface area contributed by atoms with E-state index in [1.54, 1.807) is 6.07 Å². The molecule has 1 saturated heterocycles. The summed E-state index contributed by atoms with van der Waals surface area (Å²) in [4.78, 5) is 25.2. The molecule has 3 rings (SSSR count). The summed E-state index contributed by atoms with van der Waals surface area (Å²) in [6.07, 6.45) is 6.69. The number of carbonyl (C=O) groups excluding carboxylic acids is 1. The van der Waals surface area contributed by atoms with E-state index in [1.807, 2.05) is 16.8 Å². The van der Waals surface area contributed by atoms with E-state index >= 15 is 0 Å². The van der Waals surface area contributed by atoms with Gasteiger partial charge in [-0.3, -0.25) is 4.79 Å². The number of hydrogen-bond acceptors (Lipinski definition) is 2. The molecule has 1 aromatic heterocycles. The van der Waals surface area contributed by atoms with Crippen LogP contribution in [0.15, 0.2) is 18.3 Å². The van der Waals surface area contributed by atoms with Crippen molar-refractivity contribution in [2.24, 2.45) is 0 Å². The second-order valence-electron chi connectivity index (χ2n) is 5.38. The maximum atomic E-state index is 12.5. The lowest BCUT2D eigenvalue weighted by Gasteiger charge is -2.30. The Morgan fingerprint density at radius 2 is 2.00 bits per heavy atom. The van der Waals surface area contributed by atoms with Crippen molar-refractivity contribution in [1.82, 2.24) is 9.47 Å². The number of rotatable bonds is 3. The molecule has 102 valence electrons. The Morgan fingerprint density at radius 3 is 2.63 bits per heavy atom. The van der Waals surface area contributed by atoms with Gasteiger partial charge in [-0.15, -0.1) is 0 Å². The molecule has 1 saturated carbocycles. The monoisotopic (exact) mass is 262 g/mol. The number of nitrogens with zero attached hydrogens (tertiary/aromatic N) is 2. The summed E-state index contributed by atoms with van der Waals surface area (Å²) in [6.45, 7) is 0.547. The zero-order valence-corrected chi connectivity index (χ0v) is 10.8. The first-order valence-electron chi connectivity index (χ1n) is 6.89. The van der Waals surface area contributed by atoms with Crippen LogP contribution in [0.3, 0.4) is 0 Å². The van der Waals surface area contributed by atoms with Gasteiger partial charge in [0.05, 0.1) is 0 Å². The van der Waals surface area contributed by atoms with Crippen molar-refractivity contribution in [3.05, 3.63) is 24.0 Å². The molecule has 0 bridgehead atoms. The largest absolute Gasteiger partial charge is 0.480 e. The number of amides is 1. The van der Waals surface area contributed by atoms with Gasteiger partial charge in [0, 0.05) is 18.8 Å². The molecule has 1 aliphatic carbocycles. The molecule has 0 aromatic carbocycles. The van der Waals surface area contributed by atoms with Crippen LogP contribution in [0.2, 0.25) is 0 Å². The maximum Gasteiger partial charge on any atom is 0.326 e. The normalized spacial score (nSPS) is 23.4. The number of carbonyl (C=O) groups is 2. The highest BCUT2D eigenvalue weighted by atomic mass is 16.4. The molecule has 5 heteroatoms. The molecule has 2 fully saturated rings. The Morgan fingerprint density at radius 1 is 1.21 bits per heavy atom. The van der Waals surface area contributed by atoms with E-state index in [1.165, 1.54) is 11.3 Å². The van der Waals surface area contributed by atoms with Gasteiger partial charge in [-0.25, -0.2) is 4.79 Å². The van der Waals surface area contributed by atoms with Gasteiger partial charge < -0.3 is 14.6 Å². The average molecular weight is 262 g/mol. The molecule has 5 nitrogen and oxygen atoms in total. The third kappa shape index (κ3) is 2.03. The van der Waals surface area contributed by atoms with Gasteiger partial charge in [0.15, 0.2) is 0 Å². The summed E-state index contributed by atoms with van der Waals surface area (Å²) < 4.78 is 2.02. The zero-order valence-electron chi connectivity index (χ0n) is 10.8. The fraction of sp³-hybridized carbons (Fsp3) is 0.571. The molecule has 1 amide bonds. The number of hydrogen-bond donors (Lipinski definition) is 1. The Labute approximate surface area is 111 Å². The lowest BCUT2D eigenvalue weighted by molar-refractivity contribution is -0.141. The highest BCUT2D eigenvalue weighted by Crippen LogP contribution is 2.33. The molecular weight excluding hydrogens is 244 g/mol. The van der Waals surface area contributed by atoms with Crippen LogP contribution >= 0.6 is 0 Å². The Bertz CT molecular complexity index is 505. The van der Waals surface area contributed by atoms with Crippen LogP contribution in [-0.4, -0.2) is 39.0 Å². The second kappa shape index (κ2) is 4.72. The minimum atomic E-state index is -0.896.